The molecule has 0 aliphatic carbocycles. The molecule has 0 aromatic carbocycles. The summed E-state index contributed by atoms with van der Waals surface area (Å²) >= 11 is 0. The van der Waals surface area contributed by atoms with Gasteiger partial charge in [-0.1, -0.05) is 0 Å². The molecule has 1 aromatic heterocycles. The topological polar surface area (TPSA) is 67.2 Å². The largest absolute Gasteiger partial charge is 0.312 e. The summed E-state index contributed by atoms with van der Waals surface area (Å²) in [5.74, 6) is 0. The molecule has 10 heteroatoms. The Hall–Kier alpha value is -0.770. The van der Waals surface area contributed by atoms with Gasteiger partial charge in [-0.3, -0.25) is 4.68 Å². The van der Waals surface area contributed by atoms with Crippen LogP contribution in [0.25, 0.3) is 0 Å². The zero-order valence-corrected chi connectivity index (χ0v) is 12.5. The van der Waals surface area contributed by atoms with Crippen molar-refractivity contribution in [3.8, 4) is 0 Å². The molecule has 2 rings (SSSR count). The number of nitrogens with zero attached hydrogens (tertiary/aromatic N) is 3. The molecule has 1 aliphatic heterocycles. The van der Waals surface area contributed by atoms with Gasteiger partial charge < -0.3 is 5.32 Å². The second-order valence-corrected chi connectivity index (χ2v) is 6.45. The van der Waals surface area contributed by atoms with Crippen molar-refractivity contribution in [3.05, 3.63) is 12.4 Å². The van der Waals surface area contributed by atoms with Gasteiger partial charge in [-0.05, 0) is 6.92 Å². The Morgan fingerprint density at radius 2 is 2.25 bits per heavy atom. The van der Waals surface area contributed by atoms with E-state index >= 15 is 0 Å². The third-order valence-electron chi connectivity index (χ3n) is 2.90. The van der Waals surface area contributed by atoms with Gasteiger partial charge >= 0.3 is 0 Å². The highest BCUT2D eigenvalue weighted by molar-refractivity contribution is 7.89. The summed E-state index contributed by atoms with van der Waals surface area (Å²) in [6.45, 7) is 2.59. The summed E-state index contributed by atoms with van der Waals surface area (Å²) in [5.41, 5.74) is 0. The number of alkyl halides is 2. The maximum atomic E-state index is 12.3. The summed E-state index contributed by atoms with van der Waals surface area (Å²) in [5, 5.41) is 6.79. The summed E-state index contributed by atoms with van der Waals surface area (Å²) < 4.78 is 51.3. The second kappa shape index (κ2) is 6.79. The highest BCUT2D eigenvalue weighted by Crippen LogP contribution is 2.16. The Bertz CT molecular complexity index is 537. The predicted octanol–water partition coefficient (Wildman–Crippen LogP) is 0.552. The molecule has 1 atom stereocenters. The molecule has 1 fully saturated rings. The molecule has 116 valence electrons. The standard InChI is InChI=1S/C10H16F2N4O2S.ClH/c1-8-5-16(3-2-13-8)19(17,18)9-4-14-15(6-9)7-10(11)12;/h4,6,8,10,13H,2-3,5,7H2,1H3;1H. The molecule has 0 radical (unpaired) electrons. The quantitative estimate of drug-likeness (QED) is 0.875. The molecule has 1 unspecified atom stereocenters. The zero-order chi connectivity index (χ0) is 14.0. The number of sulfonamides is 1. The van der Waals surface area contributed by atoms with Crippen LogP contribution in [-0.2, 0) is 16.6 Å². The van der Waals surface area contributed by atoms with Gasteiger partial charge in [-0.15, -0.1) is 12.4 Å². The van der Waals surface area contributed by atoms with Crippen molar-refractivity contribution in [2.24, 2.45) is 0 Å². The maximum absolute atomic E-state index is 12.3. The van der Waals surface area contributed by atoms with Crippen molar-refractivity contribution in [2.75, 3.05) is 19.6 Å². The van der Waals surface area contributed by atoms with E-state index in [2.05, 4.69) is 10.4 Å². The van der Waals surface area contributed by atoms with Crippen LogP contribution in [0.15, 0.2) is 17.3 Å². The van der Waals surface area contributed by atoms with Crippen molar-refractivity contribution in [2.45, 2.75) is 30.8 Å². The van der Waals surface area contributed by atoms with Crippen LogP contribution in [0.2, 0.25) is 0 Å². The normalized spacial score (nSPS) is 20.9. The van der Waals surface area contributed by atoms with Crippen LogP contribution in [0.5, 0.6) is 0 Å². The van der Waals surface area contributed by atoms with Crippen LogP contribution < -0.4 is 5.32 Å². The van der Waals surface area contributed by atoms with Crippen molar-refractivity contribution < 1.29 is 17.2 Å². The first-order chi connectivity index (χ1) is 8.89. The fourth-order valence-electron chi connectivity index (χ4n) is 1.98. The summed E-state index contributed by atoms with van der Waals surface area (Å²) in [6.07, 6.45) is -0.298. The minimum atomic E-state index is -3.64. The van der Waals surface area contributed by atoms with Gasteiger partial charge in [-0.25, -0.2) is 17.2 Å². The van der Waals surface area contributed by atoms with Crippen LogP contribution in [0, 0.1) is 0 Å². The average molecular weight is 331 g/mol. The Balaban J connectivity index is 0.00000200. The number of hydrogen-bond donors (Lipinski definition) is 1. The van der Waals surface area contributed by atoms with Gasteiger partial charge in [-0.2, -0.15) is 9.40 Å². The SMILES string of the molecule is CC1CN(S(=O)(=O)c2cnn(CC(F)F)c2)CCN1.Cl. The predicted molar refractivity (Wildman–Crippen MR) is 71.7 cm³/mol. The van der Waals surface area contributed by atoms with E-state index in [1.165, 1.54) is 4.31 Å². The van der Waals surface area contributed by atoms with E-state index in [0.717, 1.165) is 17.1 Å². The number of piperazine rings is 1. The fraction of sp³-hybridized carbons (Fsp3) is 0.700. The van der Waals surface area contributed by atoms with Gasteiger partial charge in [0.15, 0.2) is 0 Å². The van der Waals surface area contributed by atoms with Crippen molar-refractivity contribution in [1.82, 2.24) is 19.4 Å². The lowest BCUT2D eigenvalue weighted by atomic mass is 10.3. The molecule has 0 spiro atoms. The van der Waals surface area contributed by atoms with E-state index in [4.69, 9.17) is 0 Å². The Morgan fingerprint density at radius 3 is 2.85 bits per heavy atom. The van der Waals surface area contributed by atoms with E-state index in [1.54, 1.807) is 0 Å². The highest BCUT2D eigenvalue weighted by atomic mass is 35.5. The Kier molecular flexibility index (Phi) is 5.87. The van der Waals surface area contributed by atoms with Crippen molar-refractivity contribution in [1.29, 1.82) is 0 Å². The number of halogens is 3. The molecule has 20 heavy (non-hydrogen) atoms. The van der Waals surface area contributed by atoms with E-state index in [1.807, 2.05) is 6.92 Å². The zero-order valence-electron chi connectivity index (χ0n) is 10.9. The molecular formula is C10H17ClF2N4O2S. The molecule has 2 heterocycles. The molecule has 1 aromatic rings. The molecule has 1 N–H and O–H groups in total. The minimum absolute atomic E-state index is 0. The monoisotopic (exact) mass is 330 g/mol. The van der Waals surface area contributed by atoms with Crippen LogP contribution in [0.4, 0.5) is 8.78 Å². The molecule has 1 saturated heterocycles. The molecule has 0 bridgehead atoms. The molecule has 1 aliphatic rings. The first-order valence-electron chi connectivity index (χ1n) is 5.93. The van der Waals surface area contributed by atoms with Gasteiger partial charge in [0, 0.05) is 31.9 Å². The average Bonchev–Trinajstić information content (AvgIpc) is 2.77. The van der Waals surface area contributed by atoms with E-state index in [-0.39, 0.29) is 23.3 Å². The van der Waals surface area contributed by atoms with Crippen LogP contribution in [0.1, 0.15) is 6.92 Å². The van der Waals surface area contributed by atoms with Crippen LogP contribution >= 0.6 is 12.4 Å². The lowest BCUT2D eigenvalue weighted by Crippen LogP contribution is -2.51. The fourth-order valence-corrected chi connectivity index (χ4v) is 3.47. The number of aromatic nitrogens is 2. The third-order valence-corrected chi connectivity index (χ3v) is 4.72. The summed E-state index contributed by atoms with van der Waals surface area (Å²) in [4.78, 5) is -0.0396. The first-order valence-corrected chi connectivity index (χ1v) is 7.38. The Morgan fingerprint density at radius 1 is 1.55 bits per heavy atom. The smallest absolute Gasteiger partial charge is 0.257 e. The minimum Gasteiger partial charge on any atom is -0.312 e. The van der Waals surface area contributed by atoms with E-state index in [0.29, 0.717) is 19.6 Å². The van der Waals surface area contributed by atoms with E-state index in [9.17, 15) is 17.2 Å². The molecule has 0 amide bonds. The van der Waals surface area contributed by atoms with Crippen LogP contribution in [0.3, 0.4) is 0 Å². The first kappa shape index (κ1) is 17.3. The number of hydrogen-bond acceptors (Lipinski definition) is 4. The van der Waals surface area contributed by atoms with Crippen LogP contribution in [-0.4, -0.2) is 54.6 Å². The molecular weight excluding hydrogens is 314 g/mol. The summed E-state index contributed by atoms with van der Waals surface area (Å²) in [7, 11) is -3.64. The lowest BCUT2D eigenvalue weighted by Gasteiger charge is -2.30. The van der Waals surface area contributed by atoms with E-state index < -0.39 is 23.0 Å². The van der Waals surface area contributed by atoms with Gasteiger partial charge in [0.25, 0.3) is 6.43 Å². The third kappa shape index (κ3) is 3.87. The second-order valence-electron chi connectivity index (χ2n) is 4.51. The lowest BCUT2D eigenvalue weighted by molar-refractivity contribution is 0.121. The molecule has 6 nitrogen and oxygen atoms in total. The number of rotatable bonds is 4. The summed E-state index contributed by atoms with van der Waals surface area (Å²) in [6, 6.07) is 0.0691. The highest BCUT2D eigenvalue weighted by Gasteiger charge is 2.29. The van der Waals surface area contributed by atoms with Crippen molar-refractivity contribution in [3.63, 3.8) is 0 Å². The van der Waals surface area contributed by atoms with Gasteiger partial charge in [0.1, 0.15) is 11.4 Å². The van der Waals surface area contributed by atoms with Crippen molar-refractivity contribution >= 4 is 22.4 Å². The van der Waals surface area contributed by atoms with Gasteiger partial charge in [0.05, 0.1) is 6.20 Å². The Labute approximate surface area is 122 Å². The van der Waals surface area contributed by atoms with Gasteiger partial charge in [0.2, 0.25) is 10.0 Å². The number of nitrogens with one attached hydrogen (secondary N) is 1. The maximum Gasteiger partial charge on any atom is 0.257 e. The molecule has 0 saturated carbocycles.